The van der Waals surface area contributed by atoms with E-state index in [9.17, 15) is 0 Å². The number of nitrogens with two attached hydrogens (primary N) is 1. The van der Waals surface area contributed by atoms with Crippen LogP contribution in [0.5, 0.6) is 0 Å². The molecule has 1 aliphatic heterocycles. The van der Waals surface area contributed by atoms with Crippen LogP contribution >= 0.6 is 0 Å². The van der Waals surface area contributed by atoms with Gasteiger partial charge in [-0.15, -0.1) is 0 Å². The first-order chi connectivity index (χ1) is 7.43. The third-order valence-electron chi connectivity index (χ3n) is 2.61. The van der Waals surface area contributed by atoms with Gasteiger partial charge in [-0.05, 0) is 0 Å². The van der Waals surface area contributed by atoms with Crippen LogP contribution in [0.4, 0.5) is 0 Å². The summed E-state index contributed by atoms with van der Waals surface area (Å²) in [6.45, 7) is 10.6. The monoisotopic (exact) mass is 221 g/mol. The first-order valence-corrected chi connectivity index (χ1v) is 5.98. The highest BCUT2D eigenvalue weighted by Crippen LogP contribution is 1.89. The second kappa shape index (κ2) is 9.06. The lowest BCUT2D eigenvalue weighted by Crippen LogP contribution is -2.46. The molecule has 0 aliphatic carbocycles. The molecule has 0 radical (unpaired) electrons. The second-order valence-electron chi connectivity index (χ2n) is 3.88. The molecule has 96 valence electrons. The minimum atomic E-state index is 0. The maximum absolute atomic E-state index is 5.37. The van der Waals surface area contributed by atoms with E-state index < -0.39 is 0 Å². The molecular formula is C10H31N5. The topological polar surface area (TPSA) is 65.3 Å². The molecule has 5 N–H and O–H groups in total. The normalized spacial score (nSPS) is 18.2. The van der Waals surface area contributed by atoms with Gasteiger partial charge in [0.25, 0.3) is 0 Å². The van der Waals surface area contributed by atoms with Crippen molar-refractivity contribution in [3.8, 4) is 0 Å². The summed E-state index contributed by atoms with van der Waals surface area (Å²) in [4.78, 5) is 2.50. The molecule has 5 heteroatoms. The largest absolute Gasteiger partial charge is 0.329 e. The van der Waals surface area contributed by atoms with Gasteiger partial charge in [-0.1, -0.05) is 0 Å². The van der Waals surface area contributed by atoms with Crippen LogP contribution in [0.2, 0.25) is 0 Å². The Bertz CT molecular complexity index is 147. The van der Waals surface area contributed by atoms with Crippen molar-refractivity contribution in [2.24, 2.45) is 5.73 Å². The third-order valence-corrected chi connectivity index (χ3v) is 2.61. The Morgan fingerprint density at radius 3 is 2.40 bits per heavy atom. The summed E-state index contributed by atoms with van der Waals surface area (Å²) in [5.74, 6) is 0. The van der Waals surface area contributed by atoms with E-state index in [0.29, 0.717) is 0 Å². The van der Waals surface area contributed by atoms with Gasteiger partial charge >= 0.3 is 0 Å². The summed E-state index contributed by atoms with van der Waals surface area (Å²) < 4.78 is 0. The van der Waals surface area contributed by atoms with E-state index in [1.807, 2.05) is 0 Å². The second-order valence-corrected chi connectivity index (χ2v) is 3.88. The van der Waals surface area contributed by atoms with Crippen LogP contribution in [0.1, 0.15) is 4.28 Å². The molecule has 0 bridgehead atoms. The van der Waals surface area contributed by atoms with Gasteiger partial charge in [0.2, 0.25) is 0 Å². The van der Waals surface area contributed by atoms with Crippen LogP contribution in [0.3, 0.4) is 0 Å². The van der Waals surface area contributed by atoms with Crippen LogP contribution < -0.4 is 21.7 Å². The Balaban J connectivity index is -0.000000750. The number of nitrogens with zero attached hydrogens (tertiary/aromatic N) is 1. The van der Waals surface area contributed by atoms with Gasteiger partial charge in [-0.3, -0.25) is 4.90 Å². The van der Waals surface area contributed by atoms with Crippen LogP contribution in [0.25, 0.3) is 0 Å². The average molecular weight is 221 g/mol. The highest BCUT2D eigenvalue weighted by atomic mass is 15.2. The van der Waals surface area contributed by atoms with E-state index in [1.54, 1.807) is 0 Å². The van der Waals surface area contributed by atoms with E-state index >= 15 is 0 Å². The molecular weight excluding hydrogens is 190 g/mol. The molecule has 5 nitrogen and oxygen atoms in total. The van der Waals surface area contributed by atoms with E-state index in [4.69, 9.17) is 5.73 Å². The van der Waals surface area contributed by atoms with Gasteiger partial charge in [0.05, 0.1) is 0 Å². The minimum Gasteiger partial charge on any atom is -0.329 e. The quantitative estimate of drug-likeness (QED) is 0.387. The Morgan fingerprint density at radius 2 is 1.73 bits per heavy atom. The predicted octanol–water partition coefficient (Wildman–Crippen LogP) is -1.23. The molecule has 1 saturated heterocycles. The predicted molar refractivity (Wildman–Crippen MR) is 70.4 cm³/mol. The molecule has 1 aliphatic rings. The SMILES string of the molecule is NCCNCCNCCN1CCNCC1.[HH].[HH].[HH]. The third kappa shape index (κ3) is 6.81. The molecule has 0 atom stereocenters. The fraction of sp³-hybridized carbons (Fsp3) is 1.00. The van der Waals surface area contributed by atoms with Crippen molar-refractivity contribution in [2.45, 2.75) is 0 Å². The molecule has 0 aromatic heterocycles. The van der Waals surface area contributed by atoms with E-state index in [-0.39, 0.29) is 4.28 Å². The van der Waals surface area contributed by atoms with E-state index in [0.717, 1.165) is 45.8 Å². The summed E-state index contributed by atoms with van der Waals surface area (Å²) in [6, 6.07) is 0. The smallest absolute Gasteiger partial charge is 0.0108 e. The van der Waals surface area contributed by atoms with E-state index in [1.165, 1.54) is 19.6 Å². The number of hydrogen-bond donors (Lipinski definition) is 4. The van der Waals surface area contributed by atoms with Crippen molar-refractivity contribution in [2.75, 3.05) is 65.4 Å². The van der Waals surface area contributed by atoms with Gasteiger partial charge in [0.1, 0.15) is 0 Å². The molecule has 0 spiro atoms. The molecule has 0 aromatic carbocycles. The van der Waals surface area contributed by atoms with Gasteiger partial charge in [0.15, 0.2) is 0 Å². The van der Waals surface area contributed by atoms with Crippen molar-refractivity contribution in [3.05, 3.63) is 0 Å². The summed E-state index contributed by atoms with van der Waals surface area (Å²) in [5, 5.41) is 10.0. The summed E-state index contributed by atoms with van der Waals surface area (Å²) in [7, 11) is 0. The highest BCUT2D eigenvalue weighted by molar-refractivity contribution is 4.68. The van der Waals surface area contributed by atoms with Crippen molar-refractivity contribution < 1.29 is 4.28 Å². The molecule has 1 heterocycles. The molecule has 0 unspecified atom stereocenters. The number of nitrogens with one attached hydrogen (secondary N) is 3. The number of hydrogen-bond acceptors (Lipinski definition) is 5. The fourth-order valence-electron chi connectivity index (χ4n) is 1.70. The maximum Gasteiger partial charge on any atom is 0.0108 e. The van der Waals surface area contributed by atoms with Gasteiger partial charge in [-0.2, -0.15) is 0 Å². The Kier molecular flexibility index (Phi) is 7.77. The van der Waals surface area contributed by atoms with Crippen LogP contribution in [0, 0.1) is 0 Å². The van der Waals surface area contributed by atoms with Crippen molar-refractivity contribution in [3.63, 3.8) is 0 Å². The molecule has 1 fully saturated rings. The molecule has 0 aromatic rings. The Hall–Kier alpha value is -0.200. The van der Waals surface area contributed by atoms with Gasteiger partial charge in [-0.25, -0.2) is 0 Å². The Morgan fingerprint density at radius 1 is 1.07 bits per heavy atom. The standard InChI is InChI=1S/C10H25N5.3H2/c11-1-2-12-3-4-13-5-8-15-9-6-14-7-10-15;;;/h12-14H,1-11H2;3*1H. The molecule has 0 amide bonds. The lowest BCUT2D eigenvalue weighted by atomic mass is 10.3. The first-order valence-electron chi connectivity index (χ1n) is 5.98. The summed E-state index contributed by atoms with van der Waals surface area (Å²) in [6.07, 6.45) is 0. The van der Waals surface area contributed by atoms with Gasteiger partial charge in [0, 0.05) is 69.7 Å². The number of rotatable bonds is 8. The average Bonchev–Trinajstić information content (AvgIpc) is 2.29. The summed E-state index contributed by atoms with van der Waals surface area (Å²) >= 11 is 0. The lowest BCUT2D eigenvalue weighted by Gasteiger charge is -2.27. The Labute approximate surface area is 97.2 Å². The lowest BCUT2D eigenvalue weighted by molar-refractivity contribution is 0.241. The zero-order valence-electron chi connectivity index (χ0n) is 9.60. The van der Waals surface area contributed by atoms with Crippen molar-refractivity contribution in [1.82, 2.24) is 20.9 Å². The highest BCUT2D eigenvalue weighted by Gasteiger charge is 2.07. The maximum atomic E-state index is 5.37. The fourth-order valence-corrected chi connectivity index (χ4v) is 1.70. The van der Waals surface area contributed by atoms with Crippen LogP contribution in [-0.2, 0) is 0 Å². The minimum absolute atomic E-state index is 0. The van der Waals surface area contributed by atoms with Crippen molar-refractivity contribution in [1.29, 1.82) is 0 Å². The zero-order valence-corrected chi connectivity index (χ0v) is 9.60. The van der Waals surface area contributed by atoms with Crippen LogP contribution in [0.15, 0.2) is 0 Å². The molecule has 0 saturated carbocycles. The van der Waals surface area contributed by atoms with Crippen LogP contribution in [-0.4, -0.2) is 70.3 Å². The van der Waals surface area contributed by atoms with E-state index in [2.05, 4.69) is 20.9 Å². The summed E-state index contributed by atoms with van der Waals surface area (Å²) in [5.41, 5.74) is 5.37. The van der Waals surface area contributed by atoms with Crippen molar-refractivity contribution >= 4 is 0 Å². The molecule has 1 rings (SSSR count). The first kappa shape index (κ1) is 12.9. The molecule has 15 heavy (non-hydrogen) atoms. The number of piperazine rings is 1. The zero-order chi connectivity index (χ0) is 10.8. The van der Waals surface area contributed by atoms with Gasteiger partial charge < -0.3 is 21.7 Å².